The third-order valence-corrected chi connectivity index (χ3v) is 5.00. The van der Waals surface area contributed by atoms with Crippen LogP contribution in [0, 0.1) is 11.3 Å². The monoisotopic (exact) mass is 429 g/mol. The van der Waals surface area contributed by atoms with Crippen LogP contribution in [0.3, 0.4) is 0 Å². The summed E-state index contributed by atoms with van der Waals surface area (Å²) in [6.07, 6.45) is 0.575. The molecule has 0 radical (unpaired) electrons. The first kappa shape index (κ1) is 20.9. The van der Waals surface area contributed by atoms with Gasteiger partial charge in [0.25, 0.3) is 5.91 Å². The number of hydrogen-bond donors (Lipinski definition) is 2. The van der Waals surface area contributed by atoms with Crippen LogP contribution in [0.1, 0.15) is 18.4 Å². The summed E-state index contributed by atoms with van der Waals surface area (Å²) >= 11 is 0. The van der Waals surface area contributed by atoms with Gasteiger partial charge in [-0.1, -0.05) is 60.7 Å². The molecule has 0 spiro atoms. The Morgan fingerprint density at radius 3 is 2.34 bits per heavy atom. The summed E-state index contributed by atoms with van der Waals surface area (Å²) in [7, 11) is 0. The van der Waals surface area contributed by atoms with Gasteiger partial charge in [-0.3, -0.25) is 14.9 Å². The zero-order valence-electron chi connectivity index (χ0n) is 17.0. The summed E-state index contributed by atoms with van der Waals surface area (Å²) < 4.78 is 10.9. The molecule has 1 aromatic heterocycles. The summed E-state index contributed by atoms with van der Waals surface area (Å²) in [6.45, 7) is -0.571. The van der Waals surface area contributed by atoms with Gasteiger partial charge in [-0.25, -0.2) is 4.79 Å². The minimum absolute atomic E-state index is 0.0274. The molecule has 160 valence electrons. The van der Waals surface area contributed by atoms with E-state index in [-0.39, 0.29) is 23.8 Å². The van der Waals surface area contributed by atoms with E-state index in [1.54, 1.807) is 0 Å². The maximum absolute atomic E-state index is 12.4. The number of nitrogens with one attached hydrogen (secondary N) is 2. The Hall–Kier alpha value is -4.38. The standard InChI is InChI=1S/C24H19N3O5/c25-13-17-21(15-7-3-1-4-8-15)22(16-9-5-2-6-10-16)32-23(17)27-20(29)14-31-24(30)18-11-12-19(28)26-18/h1-10,18H,11-12,14H2,(H,26,28)(H,27,29). The molecule has 32 heavy (non-hydrogen) atoms. The number of carbonyl (C=O) groups is 3. The maximum Gasteiger partial charge on any atom is 0.329 e. The lowest BCUT2D eigenvalue weighted by atomic mass is 9.98. The smallest absolute Gasteiger partial charge is 0.329 e. The highest BCUT2D eigenvalue weighted by Gasteiger charge is 2.29. The quantitative estimate of drug-likeness (QED) is 0.580. The van der Waals surface area contributed by atoms with Gasteiger partial charge in [0.05, 0.1) is 0 Å². The van der Waals surface area contributed by atoms with E-state index < -0.39 is 24.5 Å². The Labute approximate surface area is 183 Å². The number of amides is 2. The van der Waals surface area contributed by atoms with Crippen LogP contribution in [0.4, 0.5) is 5.88 Å². The average molecular weight is 429 g/mol. The van der Waals surface area contributed by atoms with Gasteiger partial charge in [0, 0.05) is 17.5 Å². The number of furan rings is 1. The van der Waals surface area contributed by atoms with Crippen molar-refractivity contribution in [3.8, 4) is 28.5 Å². The van der Waals surface area contributed by atoms with E-state index in [2.05, 4.69) is 16.7 Å². The van der Waals surface area contributed by atoms with Crippen LogP contribution in [0.5, 0.6) is 0 Å². The summed E-state index contributed by atoms with van der Waals surface area (Å²) in [4.78, 5) is 35.7. The van der Waals surface area contributed by atoms with Gasteiger partial charge in [-0.15, -0.1) is 0 Å². The molecule has 1 aliphatic rings. The predicted octanol–water partition coefficient (Wildman–Crippen LogP) is 3.25. The zero-order valence-corrected chi connectivity index (χ0v) is 17.0. The van der Waals surface area contributed by atoms with Gasteiger partial charge < -0.3 is 14.5 Å². The van der Waals surface area contributed by atoms with Crippen molar-refractivity contribution >= 4 is 23.7 Å². The normalized spacial score (nSPS) is 15.0. The highest BCUT2D eigenvalue weighted by atomic mass is 16.5. The number of anilines is 1. The van der Waals surface area contributed by atoms with Crippen molar-refractivity contribution in [3.63, 3.8) is 0 Å². The molecule has 2 heterocycles. The van der Waals surface area contributed by atoms with Crippen LogP contribution in [-0.4, -0.2) is 30.4 Å². The molecule has 1 aliphatic heterocycles. The molecule has 0 bridgehead atoms. The van der Waals surface area contributed by atoms with Crippen molar-refractivity contribution in [2.45, 2.75) is 18.9 Å². The SMILES string of the molecule is N#Cc1c(NC(=O)COC(=O)C2CCC(=O)N2)oc(-c2ccccc2)c1-c1ccccc1. The highest BCUT2D eigenvalue weighted by Crippen LogP contribution is 2.41. The Kier molecular flexibility index (Phi) is 5.99. The highest BCUT2D eigenvalue weighted by molar-refractivity contribution is 5.97. The molecule has 2 N–H and O–H groups in total. The number of carbonyl (C=O) groups excluding carboxylic acids is 3. The van der Waals surface area contributed by atoms with Crippen LogP contribution in [-0.2, 0) is 19.1 Å². The minimum atomic E-state index is -0.747. The van der Waals surface area contributed by atoms with Crippen molar-refractivity contribution in [1.29, 1.82) is 5.26 Å². The Morgan fingerprint density at radius 2 is 1.75 bits per heavy atom. The van der Waals surface area contributed by atoms with Crippen LogP contribution < -0.4 is 10.6 Å². The fourth-order valence-corrected chi connectivity index (χ4v) is 3.49. The van der Waals surface area contributed by atoms with E-state index in [0.29, 0.717) is 17.7 Å². The van der Waals surface area contributed by atoms with Crippen LogP contribution in [0.15, 0.2) is 65.1 Å². The van der Waals surface area contributed by atoms with Gasteiger partial charge in [0.15, 0.2) is 6.61 Å². The number of ether oxygens (including phenoxy) is 1. The van der Waals surface area contributed by atoms with Crippen molar-refractivity contribution in [1.82, 2.24) is 5.32 Å². The third kappa shape index (κ3) is 4.37. The average Bonchev–Trinajstić information content (AvgIpc) is 3.42. The lowest BCUT2D eigenvalue weighted by Crippen LogP contribution is -2.36. The second kappa shape index (κ2) is 9.18. The number of hydrogen-bond acceptors (Lipinski definition) is 6. The molecule has 0 saturated carbocycles. The Morgan fingerprint density at radius 1 is 1.09 bits per heavy atom. The number of rotatable bonds is 6. The molecule has 3 aromatic rings. The largest absolute Gasteiger partial charge is 0.454 e. The van der Waals surface area contributed by atoms with Crippen molar-refractivity contribution in [2.24, 2.45) is 0 Å². The zero-order chi connectivity index (χ0) is 22.5. The molecule has 4 rings (SSSR count). The van der Waals surface area contributed by atoms with Crippen LogP contribution in [0.25, 0.3) is 22.5 Å². The molecule has 0 aliphatic carbocycles. The second-order valence-corrected chi connectivity index (χ2v) is 7.17. The number of nitriles is 1. The topological polar surface area (TPSA) is 121 Å². The number of esters is 1. The van der Waals surface area contributed by atoms with E-state index in [9.17, 15) is 19.6 Å². The maximum atomic E-state index is 12.4. The summed E-state index contributed by atoms with van der Waals surface area (Å²) in [5.41, 5.74) is 2.22. The fraction of sp³-hybridized carbons (Fsp3) is 0.167. The van der Waals surface area contributed by atoms with Crippen molar-refractivity contribution in [2.75, 3.05) is 11.9 Å². The molecule has 8 nitrogen and oxygen atoms in total. The summed E-state index contributed by atoms with van der Waals surface area (Å²) in [6, 6.07) is 19.9. The van der Waals surface area contributed by atoms with E-state index in [1.807, 2.05) is 60.7 Å². The molecule has 1 unspecified atom stereocenters. The molecule has 1 saturated heterocycles. The summed E-state index contributed by atoms with van der Waals surface area (Å²) in [5, 5.41) is 14.8. The Bertz CT molecular complexity index is 1200. The van der Waals surface area contributed by atoms with Gasteiger partial charge in [-0.2, -0.15) is 5.26 Å². The first-order valence-corrected chi connectivity index (χ1v) is 10.0. The number of benzene rings is 2. The van der Waals surface area contributed by atoms with Gasteiger partial charge in [-0.05, 0) is 12.0 Å². The van der Waals surface area contributed by atoms with Crippen molar-refractivity contribution in [3.05, 3.63) is 66.2 Å². The third-order valence-electron chi connectivity index (χ3n) is 5.00. The van der Waals surface area contributed by atoms with Crippen LogP contribution >= 0.6 is 0 Å². The molecule has 8 heteroatoms. The lowest BCUT2D eigenvalue weighted by molar-refractivity contribution is -0.149. The first-order chi connectivity index (χ1) is 15.6. The second-order valence-electron chi connectivity index (χ2n) is 7.17. The molecular formula is C24H19N3O5. The van der Waals surface area contributed by atoms with E-state index in [0.717, 1.165) is 11.1 Å². The van der Waals surface area contributed by atoms with Crippen molar-refractivity contribution < 1.29 is 23.5 Å². The molecule has 1 atom stereocenters. The van der Waals surface area contributed by atoms with E-state index >= 15 is 0 Å². The van der Waals surface area contributed by atoms with Gasteiger partial charge in [0.1, 0.15) is 23.4 Å². The molecule has 2 aromatic carbocycles. The summed E-state index contributed by atoms with van der Waals surface area (Å²) in [5.74, 6) is -1.16. The van der Waals surface area contributed by atoms with E-state index in [4.69, 9.17) is 9.15 Å². The van der Waals surface area contributed by atoms with E-state index in [1.165, 1.54) is 0 Å². The molecule has 2 amide bonds. The Balaban J connectivity index is 1.58. The van der Waals surface area contributed by atoms with Crippen LogP contribution in [0.2, 0.25) is 0 Å². The predicted molar refractivity (Wildman–Crippen MR) is 115 cm³/mol. The lowest BCUT2D eigenvalue weighted by Gasteiger charge is -2.09. The van der Waals surface area contributed by atoms with Gasteiger partial charge >= 0.3 is 5.97 Å². The number of nitrogens with zero attached hydrogens (tertiary/aromatic N) is 1. The fourth-order valence-electron chi connectivity index (χ4n) is 3.49. The molecular weight excluding hydrogens is 410 g/mol. The first-order valence-electron chi connectivity index (χ1n) is 10.0. The van der Waals surface area contributed by atoms with Gasteiger partial charge in [0.2, 0.25) is 11.8 Å². The molecule has 1 fully saturated rings. The minimum Gasteiger partial charge on any atom is -0.454 e.